The van der Waals surface area contributed by atoms with E-state index < -0.39 is 0 Å². The van der Waals surface area contributed by atoms with E-state index in [1.54, 1.807) is 0 Å². The number of anilines is 1. The highest BCUT2D eigenvalue weighted by Crippen LogP contribution is 2.22. The Morgan fingerprint density at radius 1 is 1.25 bits per heavy atom. The van der Waals surface area contributed by atoms with Crippen molar-refractivity contribution in [3.63, 3.8) is 0 Å². The van der Waals surface area contributed by atoms with Gasteiger partial charge in [0.1, 0.15) is 0 Å². The fraction of sp³-hybridized carbons (Fsp3) is 0.588. The molecule has 1 aromatic rings. The Bertz CT molecular complexity index is 473. The van der Waals surface area contributed by atoms with Crippen molar-refractivity contribution in [2.24, 2.45) is 0 Å². The molecule has 2 rings (SSSR count). The first-order valence-corrected chi connectivity index (χ1v) is 7.59. The molecule has 0 spiro atoms. The van der Waals surface area contributed by atoms with Crippen molar-refractivity contribution in [3.05, 3.63) is 28.8 Å². The molecule has 0 unspecified atom stereocenters. The lowest BCUT2D eigenvalue weighted by atomic mass is 10.0. The van der Waals surface area contributed by atoms with E-state index in [4.69, 9.17) is 0 Å². The first-order valence-electron chi connectivity index (χ1n) is 7.59. The Labute approximate surface area is 122 Å². The molecule has 1 saturated heterocycles. The molecule has 3 nitrogen and oxygen atoms in total. The predicted octanol–water partition coefficient (Wildman–Crippen LogP) is 3.42. The van der Waals surface area contributed by atoms with Gasteiger partial charge in [-0.25, -0.2) is 0 Å². The zero-order valence-corrected chi connectivity index (χ0v) is 13.1. The molecule has 110 valence electrons. The predicted molar refractivity (Wildman–Crippen MR) is 84.2 cm³/mol. The number of benzene rings is 1. The number of nitrogens with one attached hydrogen (secondary N) is 1. The molecular formula is C17H26N2O. The first kappa shape index (κ1) is 15.0. The Kier molecular flexibility index (Phi) is 4.81. The van der Waals surface area contributed by atoms with Crippen LogP contribution in [-0.2, 0) is 4.79 Å². The van der Waals surface area contributed by atoms with E-state index in [1.807, 2.05) is 0 Å². The van der Waals surface area contributed by atoms with Crippen molar-refractivity contribution in [3.8, 4) is 0 Å². The van der Waals surface area contributed by atoms with Gasteiger partial charge in [-0.15, -0.1) is 0 Å². The summed E-state index contributed by atoms with van der Waals surface area (Å²) in [6.45, 7) is 9.96. The Morgan fingerprint density at radius 2 is 1.90 bits per heavy atom. The molecule has 20 heavy (non-hydrogen) atoms. The highest BCUT2D eigenvalue weighted by molar-refractivity contribution is 5.93. The topological polar surface area (TPSA) is 32.3 Å². The van der Waals surface area contributed by atoms with Gasteiger partial charge in [-0.05, 0) is 58.2 Å². The van der Waals surface area contributed by atoms with E-state index in [-0.39, 0.29) is 5.91 Å². The van der Waals surface area contributed by atoms with Crippen molar-refractivity contribution in [2.45, 2.75) is 53.0 Å². The van der Waals surface area contributed by atoms with Gasteiger partial charge in [0.05, 0.1) is 6.54 Å². The van der Waals surface area contributed by atoms with Gasteiger partial charge in [-0.2, -0.15) is 0 Å². The molecular weight excluding hydrogens is 248 g/mol. The lowest BCUT2D eigenvalue weighted by Crippen LogP contribution is -2.42. The lowest BCUT2D eigenvalue weighted by Gasteiger charge is -2.32. The summed E-state index contributed by atoms with van der Waals surface area (Å²) in [7, 11) is 0. The fourth-order valence-corrected chi connectivity index (χ4v) is 3.13. The van der Waals surface area contributed by atoms with Crippen LogP contribution < -0.4 is 5.32 Å². The number of likely N-dealkylation sites (tertiary alicyclic amines) is 1. The quantitative estimate of drug-likeness (QED) is 0.916. The standard InChI is InChI=1S/C17H26N2O/c1-12-9-13(2)17(14(3)10-12)18-16(20)11-19-8-6-5-7-15(19)4/h9-10,15H,5-8,11H2,1-4H3,(H,18,20)/t15-/m0/s1. The van der Waals surface area contributed by atoms with Gasteiger partial charge in [-0.3, -0.25) is 9.69 Å². The smallest absolute Gasteiger partial charge is 0.238 e. The number of carbonyl (C=O) groups is 1. The minimum atomic E-state index is 0.105. The number of piperidine rings is 1. The lowest BCUT2D eigenvalue weighted by molar-refractivity contribution is -0.118. The third kappa shape index (κ3) is 3.60. The van der Waals surface area contributed by atoms with Crippen molar-refractivity contribution in [2.75, 3.05) is 18.4 Å². The maximum atomic E-state index is 12.3. The zero-order chi connectivity index (χ0) is 14.7. The Morgan fingerprint density at radius 3 is 2.50 bits per heavy atom. The summed E-state index contributed by atoms with van der Waals surface area (Å²) in [4.78, 5) is 14.6. The van der Waals surface area contributed by atoms with Crippen molar-refractivity contribution in [1.82, 2.24) is 4.90 Å². The van der Waals surface area contributed by atoms with Crippen LogP contribution in [0.2, 0.25) is 0 Å². The summed E-state index contributed by atoms with van der Waals surface area (Å²) in [6, 6.07) is 4.76. The number of hydrogen-bond acceptors (Lipinski definition) is 2. The molecule has 1 heterocycles. The number of nitrogens with zero attached hydrogens (tertiary/aromatic N) is 1. The molecule has 1 N–H and O–H groups in total. The Hall–Kier alpha value is -1.35. The van der Waals surface area contributed by atoms with Crippen LogP contribution in [0.5, 0.6) is 0 Å². The normalized spacial score (nSPS) is 19.9. The Balaban J connectivity index is 2.01. The average molecular weight is 274 g/mol. The van der Waals surface area contributed by atoms with Crippen LogP contribution in [0.25, 0.3) is 0 Å². The number of aryl methyl sites for hydroxylation is 3. The second-order valence-corrected chi connectivity index (χ2v) is 6.14. The molecule has 0 aromatic heterocycles. The van der Waals surface area contributed by atoms with Crippen molar-refractivity contribution < 1.29 is 4.79 Å². The molecule has 1 atom stereocenters. The SMILES string of the molecule is Cc1cc(C)c(NC(=O)CN2CCCC[C@@H]2C)c(C)c1. The van der Waals surface area contributed by atoms with Crippen LogP contribution in [0.15, 0.2) is 12.1 Å². The van der Waals surface area contributed by atoms with E-state index in [0.29, 0.717) is 12.6 Å². The van der Waals surface area contributed by atoms with Crippen molar-refractivity contribution >= 4 is 11.6 Å². The second-order valence-electron chi connectivity index (χ2n) is 6.14. The fourth-order valence-electron chi connectivity index (χ4n) is 3.13. The maximum absolute atomic E-state index is 12.3. The van der Waals surface area contributed by atoms with Gasteiger partial charge in [0.2, 0.25) is 5.91 Å². The second kappa shape index (κ2) is 6.40. The number of rotatable bonds is 3. The molecule has 1 amide bonds. The van der Waals surface area contributed by atoms with E-state index in [1.165, 1.54) is 24.8 Å². The molecule has 0 bridgehead atoms. The third-order valence-electron chi connectivity index (χ3n) is 4.23. The molecule has 0 saturated carbocycles. The highest BCUT2D eigenvalue weighted by atomic mass is 16.2. The highest BCUT2D eigenvalue weighted by Gasteiger charge is 2.20. The first-order chi connectivity index (χ1) is 9.47. The van der Waals surface area contributed by atoms with Gasteiger partial charge < -0.3 is 5.32 Å². The molecule has 1 aliphatic rings. The molecule has 1 aromatic carbocycles. The summed E-state index contributed by atoms with van der Waals surface area (Å²) in [5.74, 6) is 0.105. The van der Waals surface area contributed by atoms with E-state index in [2.05, 4.69) is 50.0 Å². The molecule has 0 radical (unpaired) electrons. The van der Waals surface area contributed by atoms with E-state index >= 15 is 0 Å². The molecule has 0 aliphatic carbocycles. The van der Waals surface area contributed by atoms with Crippen LogP contribution in [0, 0.1) is 20.8 Å². The summed E-state index contributed by atoms with van der Waals surface area (Å²) in [5.41, 5.74) is 4.50. The van der Waals surface area contributed by atoms with Gasteiger partial charge in [-0.1, -0.05) is 24.1 Å². The van der Waals surface area contributed by atoms with Gasteiger partial charge in [0, 0.05) is 11.7 Å². The van der Waals surface area contributed by atoms with Gasteiger partial charge in [0.25, 0.3) is 0 Å². The van der Waals surface area contributed by atoms with Crippen molar-refractivity contribution in [1.29, 1.82) is 0 Å². The summed E-state index contributed by atoms with van der Waals surface area (Å²) in [5, 5.41) is 3.09. The maximum Gasteiger partial charge on any atom is 0.238 e. The molecule has 1 fully saturated rings. The summed E-state index contributed by atoms with van der Waals surface area (Å²) < 4.78 is 0. The summed E-state index contributed by atoms with van der Waals surface area (Å²) in [6.07, 6.45) is 3.70. The minimum Gasteiger partial charge on any atom is -0.324 e. The van der Waals surface area contributed by atoms with E-state index in [0.717, 1.165) is 23.4 Å². The minimum absolute atomic E-state index is 0.105. The number of amides is 1. The van der Waals surface area contributed by atoms with Gasteiger partial charge >= 0.3 is 0 Å². The zero-order valence-electron chi connectivity index (χ0n) is 13.1. The molecule has 3 heteroatoms. The number of hydrogen-bond donors (Lipinski definition) is 1. The number of carbonyl (C=O) groups excluding carboxylic acids is 1. The largest absolute Gasteiger partial charge is 0.324 e. The van der Waals surface area contributed by atoms with E-state index in [9.17, 15) is 4.79 Å². The van der Waals surface area contributed by atoms with Crippen LogP contribution in [0.3, 0.4) is 0 Å². The average Bonchev–Trinajstić information content (AvgIpc) is 2.36. The van der Waals surface area contributed by atoms with Crippen LogP contribution in [-0.4, -0.2) is 29.9 Å². The summed E-state index contributed by atoms with van der Waals surface area (Å²) >= 11 is 0. The monoisotopic (exact) mass is 274 g/mol. The third-order valence-corrected chi connectivity index (χ3v) is 4.23. The van der Waals surface area contributed by atoms with Crippen LogP contribution in [0.4, 0.5) is 5.69 Å². The molecule has 1 aliphatic heterocycles. The van der Waals surface area contributed by atoms with Gasteiger partial charge in [0.15, 0.2) is 0 Å². The van der Waals surface area contributed by atoms with Crippen LogP contribution in [0.1, 0.15) is 42.9 Å². The van der Waals surface area contributed by atoms with Crippen LogP contribution >= 0.6 is 0 Å².